The van der Waals surface area contributed by atoms with Crippen LogP contribution in [0.1, 0.15) is 36.0 Å². The van der Waals surface area contributed by atoms with Crippen LogP contribution in [0.25, 0.3) is 0 Å². The van der Waals surface area contributed by atoms with Crippen molar-refractivity contribution in [1.29, 1.82) is 0 Å². The van der Waals surface area contributed by atoms with E-state index in [2.05, 4.69) is 14.8 Å². The minimum absolute atomic E-state index is 0.0220. The molecule has 11 heteroatoms. The molecule has 0 aliphatic heterocycles. The van der Waals surface area contributed by atoms with Gasteiger partial charge in [-0.05, 0) is 48.9 Å². The predicted molar refractivity (Wildman–Crippen MR) is 123 cm³/mol. The Bertz CT molecular complexity index is 1300. The highest BCUT2D eigenvalue weighted by atomic mass is 32.2. The number of para-hydroxylation sites is 1. The second kappa shape index (κ2) is 9.84. The van der Waals surface area contributed by atoms with Crippen LogP contribution in [0.15, 0.2) is 58.8 Å². The molecule has 2 aromatic carbocycles. The lowest BCUT2D eigenvalue weighted by Crippen LogP contribution is -2.16. The second-order valence-electron chi connectivity index (χ2n) is 6.70. The summed E-state index contributed by atoms with van der Waals surface area (Å²) in [6.45, 7) is 1.44. The van der Waals surface area contributed by atoms with Crippen LogP contribution in [0.2, 0.25) is 0 Å². The first-order valence-electron chi connectivity index (χ1n) is 9.47. The maximum atomic E-state index is 13.0. The molecule has 1 heterocycles. The summed E-state index contributed by atoms with van der Waals surface area (Å²) >= 11 is 0.608. The zero-order valence-corrected chi connectivity index (χ0v) is 19.5. The third kappa shape index (κ3) is 5.21. The number of esters is 2. The van der Waals surface area contributed by atoms with E-state index >= 15 is 0 Å². The number of nitrogens with one attached hydrogen (secondary N) is 2. The minimum Gasteiger partial charge on any atom is -0.465 e. The first kappa shape index (κ1) is 24.0. The number of carbonyl (C=O) groups excluding carboxylic acids is 3. The highest BCUT2D eigenvalue weighted by molar-refractivity contribution is 7.94. The highest BCUT2D eigenvalue weighted by Crippen LogP contribution is 2.34. The van der Waals surface area contributed by atoms with Crippen LogP contribution in [-0.2, 0) is 19.5 Å². The molecule has 0 saturated heterocycles. The Morgan fingerprint density at radius 3 is 2.03 bits per heavy atom. The highest BCUT2D eigenvalue weighted by Gasteiger charge is 2.32. The van der Waals surface area contributed by atoms with E-state index in [1.165, 1.54) is 31.2 Å². The standard InChI is InChI=1S/C22H20N2O7S2/c1-13-17(20(26)30-2)22(32-18(13)21(27)31-3)33(28,29)24-16-11-9-14(10-12-16)19(25)23-15-7-5-4-6-8-15/h4-12,24H,1-3H3,(H,23,25). The average molecular weight is 489 g/mol. The summed E-state index contributed by atoms with van der Waals surface area (Å²) in [5, 5.41) is 2.73. The van der Waals surface area contributed by atoms with Crippen molar-refractivity contribution < 1.29 is 32.3 Å². The maximum absolute atomic E-state index is 13.0. The van der Waals surface area contributed by atoms with Crippen LogP contribution in [0.4, 0.5) is 11.4 Å². The minimum atomic E-state index is -4.26. The molecule has 9 nitrogen and oxygen atoms in total. The number of ether oxygens (including phenoxy) is 2. The van der Waals surface area contributed by atoms with Crippen LogP contribution < -0.4 is 10.0 Å². The summed E-state index contributed by atoms with van der Waals surface area (Å²) in [5.41, 5.74) is 1.00. The Morgan fingerprint density at radius 1 is 0.848 bits per heavy atom. The molecule has 2 N–H and O–H groups in total. The maximum Gasteiger partial charge on any atom is 0.348 e. The number of methoxy groups -OCH3 is 2. The average Bonchev–Trinajstić information content (AvgIpc) is 3.17. The smallest absolute Gasteiger partial charge is 0.348 e. The number of thiophene rings is 1. The molecule has 1 aromatic heterocycles. The molecular formula is C22H20N2O7S2. The second-order valence-corrected chi connectivity index (χ2v) is 9.60. The van der Waals surface area contributed by atoms with Crippen molar-refractivity contribution in [3.8, 4) is 0 Å². The van der Waals surface area contributed by atoms with Gasteiger partial charge in [-0.1, -0.05) is 18.2 Å². The van der Waals surface area contributed by atoms with E-state index in [-0.39, 0.29) is 31.8 Å². The molecule has 0 unspecified atom stereocenters. The number of hydrogen-bond acceptors (Lipinski definition) is 8. The fourth-order valence-electron chi connectivity index (χ4n) is 2.92. The van der Waals surface area contributed by atoms with Crippen molar-refractivity contribution in [2.24, 2.45) is 0 Å². The molecule has 0 saturated carbocycles. The fraction of sp³-hybridized carbons (Fsp3) is 0.136. The van der Waals surface area contributed by atoms with Crippen LogP contribution in [0, 0.1) is 6.92 Å². The first-order valence-corrected chi connectivity index (χ1v) is 11.8. The number of carbonyl (C=O) groups is 3. The van der Waals surface area contributed by atoms with Crippen molar-refractivity contribution in [1.82, 2.24) is 0 Å². The Balaban J connectivity index is 1.87. The summed E-state index contributed by atoms with van der Waals surface area (Å²) in [6, 6.07) is 14.6. The largest absolute Gasteiger partial charge is 0.465 e. The molecule has 0 bridgehead atoms. The van der Waals surface area contributed by atoms with Crippen molar-refractivity contribution in [2.45, 2.75) is 11.1 Å². The van der Waals surface area contributed by atoms with Crippen molar-refractivity contribution in [3.63, 3.8) is 0 Å². The third-order valence-electron chi connectivity index (χ3n) is 4.55. The van der Waals surface area contributed by atoms with Gasteiger partial charge in [-0.25, -0.2) is 18.0 Å². The topological polar surface area (TPSA) is 128 Å². The fourth-order valence-corrected chi connectivity index (χ4v) is 5.72. The summed E-state index contributed by atoms with van der Waals surface area (Å²) in [5.74, 6) is -2.02. The number of amides is 1. The number of rotatable bonds is 7. The van der Waals surface area contributed by atoms with Gasteiger partial charge in [-0.15, -0.1) is 11.3 Å². The molecule has 1 amide bonds. The van der Waals surface area contributed by atoms with Gasteiger partial charge in [0.15, 0.2) is 4.21 Å². The normalized spacial score (nSPS) is 10.9. The number of hydrogen-bond donors (Lipinski definition) is 2. The summed E-state index contributed by atoms with van der Waals surface area (Å²) in [4.78, 5) is 36.6. The number of benzene rings is 2. The molecule has 3 aromatic rings. The van der Waals surface area contributed by atoms with Crippen LogP contribution in [-0.4, -0.2) is 40.5 Å². The summed E-state index contributed by atoms with van der Waals surface area (Å²) in [7, 11) is -2.00. The molecule has 3 rings (SSSR count). The van der Waals surface area contributed by atoms with Gasteiger partial charge in [0.2, 0.25) is 0 Å². The van der Waals surface area contributed by atoms with Crippen molar-refractivity contribution >= 4 is 50.6 Å². The Morgan fingerprint density at radius 2 is 1.45 bits per heavy atom. The van der Waals surface area contributed by atoms with E-state index in [1.54, 1.807) is 24.3 Å². The van der Waals surface area contributed by atoms with E-state index in [0.29, 0.717) is 22.6 Å². The number of sulfonamides is 1. The van der Waals surface area contributed by atoms with Crippen molar-refractivity contribution in [2.75, 3.05) is 24.3 Å². The van der Waals surface area contributed by atoms with Gasteiger partial charge in [0.05, 0.1) is 19.8 Å². The Labute approximate surface area is 194 Å². The first-order chi connectivity index (χ1) is 15.7. The zero-order valence-electron chi connectivity index (χ0n) is 17.9. The molecule has 0 aliphatic carbocycles. The van der Waals surface area contributed by atoms with E-state index in [1.807, 2.05) is 6.07 Å². The number of anilines is 2. The van der Waals surface area contributed by atoms with E-state index < -0.39 is 22.0 Å². The van der Waals surface area contributed by atoms with Gasteiger partial charge >= 0.3 is 11.9 Å². The van der Waals surface area contributed by atoms with Gasteiger partial charge in [0.1, 0.15) is 4.88 Å². The van der Waals surface area contributed by atoms with E-state index in [0.717, 1.165) is 14.2 Å². The molecular weight excluding hydrogens is 468 g/mol. The van der Waals surface area contributed by atoms with Gasteiger partial charge in [-0.2, -0.15) is 0 Å². The van der Waals surface area contributed by atoms with Crippen molar-refractivity contribution in [3.05, 3.63) is 76.2 Å². The molecule has 0 atom stereocenters. The lowest BCUT2D eigenvalue weighted by atomic mass is 10.2. The molecule has 0 fully saturated rings. The van der Waals surface area contributed by atoms with Gasteiger partial charge in [0.25, 0.3) is 15.9 Å². The van der Waals surface area contributed by atoms with Crippen LogP contribution in [0.5, 0.6) is 0 Å². The third-order valence-corrected chi connectivity index (χ3v) is 7.72. The lowest BCUT2D eigenvalue weighted by Gasteiger charge is -2.10. The SMILES string of the molecule is COC(=O)c1sc(S(=O)(=O)Nc2ccc(C(=O)Nc3ccccc3)cc2)c(C(=O)OC)c1C. The van der Waals surface area contributed by atoms with E-state index in [9.17, 15) is 22.8 Å². The quantitative estimate of drug-likeness (QED) is 0.486. The van der Waals surface area contributed by atoms with Gasteiger partial charge in [-0.3, -0.25) is 9.52 Å². The molecule has 33 heavy (non-hydrogen) atoms. The van der Waals surface area contributed by atoms with E-state index in [4.69, 9.17) is 4.74 Å². The van der Waals surface area contributed by atoms with Gasteiger partial charge in [0, 0.05) is 16.9 Å². The Hall–Kier alpha value is -3.70. The van der Waals surface area contributed by atoms with Crippen LogP contribution in [0.3, 0.4) is 0 Å². The van der Waals surface area contributed by atoms with Gasteiger partial charge < -0.3 is 14.8 Å². The zero-order chi connectivity index (χ0) is 24.2. The molecule has 0 spiro atoms. The summed E-state index contributed by atoms with van der Waals surface area (Å²) < 4.78 is 37.4. The monoisotopic (exact) mass is 488 g/mol. The Kier molecular flexibility index (Phi) is 7.14. The molecule has 172 valence electrons. The molecule has 0 aliphatic rings. The molecule has 0 radical (unpaired) electrons. The summed E-state index contributed by atoms with van der Waals surface area (Å²) in [6.07, 6.45) is 0. The lowest BCUT2D eigenvalue weighted by molar-refractivity contribution is 0.0596. The van der Waals surface area contributed by atoms with Crippen LogP contribution >= 0.6 is 11.3 Å². The predicted octanol–water partition coefficient (Wildman–Crippen LogP) is 3.68.